The van der Waals surface area contributed by atoms with Gasteiger partial charge in [-0.3, -0.25) is 4.55 Å². The van der Waals surface area contributed by atoms with E-state index in [-0.39, 0.29) is 4.91 Å². The van der Waals surface area contributed by atoms with Gasteiger partial charge in [0.15, 0.2) is 0 Å². The van der Waals surface area contributed by atoms with Crippen molar-refractivity contribution in [1.82, 2.24) is 0 Å². The summed E-state index contributed by atoms with van der Waals surface area (Å²) in [5, 5.41) is 0. The molecule has 0 atom stereocenters. The van der Waals surface area contributed by atoms with Gasteiger partial charge in [-0.15, -0.1) is 0 Å². The molecule has 0 saturated carbocycles. The molecule has 4 heteroatoms. The first-order valence-corrected chi connectivity index (χ1v) is 5.88. The van der Waals surface area contributed by atoms with Crippen LogP contribution in [0.15, 0.2) is 34.3 Å². The molecule has 0 aromatic heterocycles. The van der Waals surface area contributed by atoms with E-state index in [9.17, 15) is 8.42 Å². The number of hydrogen-bond donors (Lipinski definition) is 1. The lowest BCUT2D eigenvalue weighted by atomic mass is 10.0. The van der Waals surface area contributed by atoms with Gasteiger partial charge >= 0.3 is 0 Å². The minimum absolute atomic E-state index is 0.135. The van der Waals surface area contributed by atoms with Crippen molar-refractivity contribution in [3.8, 4) is 0 Å². The predicted octanol–water partition coefficient (Wildman–Crippen LogP) is 2.44. The van der Waals surface area contributed by atoms with Crippen LogP contribution in [-0.4, -0.2) is 13.0 Å². The lowest BCUT2D eigenvalue weighted by Gasteiger charge is -2.10. The van der Waals surface area contributed by atoms with Crippen molar-refractivity contribution in [1.29, 1.82) is 0 Å². The van der Waals surface area contributed by atoms with E-state index in [1.54, 1.807) is 6.92 Å². The van der Waals surface area contributed by atoms with E-state index < -0.39 is 10.1 Å². The zero-order valence-electron chi connectivity index (χ0n) is 8.32. The Balaban J connectivity index is 3.27. The van der Waals surface area contributed by atoms with Crippen LogP contribution in [0.3, 0.4) is 0 Å². The third-order valence-electron chi connectivity index (χ3n) is 2.34. The smallest absolute Gasteiger partial charge is 0.282 e. The molecule has 1 aliphatic rings. The number of allylic oxidation sites excluding steroid dienone is 6. The highest BCUT2D eigenvalue weighted by Gasteiger charge is 2.17. The second kappa shape index (κ2) is 4.11. The molecule has 3 nitrogen and oxygen atoms in total. The standard InChI is InChI=1S/C10H14O3S/c1-8-6-4-3-5-7-10(9(8)2)14(11,12)13/h3-4,6H,5,7H2,1-2H3,(H,11,12,13)/b4-3-,8-6-,10-9+. The van der Waals surface area contributed by atoms with Crippen LogP contribution in [0.1, 0.15) is 26.7 Å². The van der Waals surface area contributed by atoms with Gasteiger partial charge in [-0.25, -0.2) is 0 Å². The molecule has 1 aliphatic carbocycles. The monoisotopic (exact) mass is 214 g/mol. The summed E-state index contributed by atoms with van der Waals surface area (Å²) in [4.78, 5) is 0.135. The Morgan fingerprint density at radius 2 is 2.00 bits per heavy atom. The first kappa shape index (κ1) is 11.2. The van der Waals surface area contributed by atoms with Crippen LogP contribution in [0.5, 0.6) is 0 Å². The van der Waals surface area contributed by atoms with Crippen LogP contribution in [0.25, 0.3) is 0 Å². The zero-order valence-corrected chi connectivity index (χ0v) is 9.13. The fourth-order valence-electron chi connectivity index (χ4n) is 1.38. The van der Waals surface area contributed by atoms with Crippen molar-refractivity contribution in [3.05, 3.63) is 34.3 Å². The molecule has 1 rings (SSSR count). The minimum atomic E-state index is -4.04. The van der Waals surface area contributed by atoms with Crippen LogP contribution in [0, 0.1) is 0 Å². The number of rotatable bonds is 1. The van der Waals surface area contributed by atoms with Crippen molar-refractivity contribution in [2.45, 2.75) is 26.7 Å². The lowest BCUT2D eigenvalue weighted by Crippen LogP contribution is -2.06. The maximum atomic E-state index is 11.1. The third kappa shape index (κ3) is 2.56. The van der Waals surface area contributed by atoms with Crippen molar-refractivity contribution in [2.24, 2.45) is 0 Å². The molecule has 0 aromatic carbocycles. The molecule has 0 bridgehead atoms. The van der Waals surface area contributed by atoms with E-state index in [0.717, 1.165) is 5.57 Å². The maximum Gasteiger partial charge on any atom is 0.290 e. The van der Waals surface area contributed by atoms with E-state index in [4.69, 9.17) is 4.55 Å². The van der Waals surface area contributed by atoms with Gasteiger partial charge in [-0.1, -0.05) is 18.2 Å². The van der Waals surface area contributed by atoms with Crippen LogP contribution in [-0.2, 0) is 10.1 Å². The Labute approximate surface area is 84.6 Å². The predicted molar refractivity (Wildman–Crippen MR) is 56.4 cm³/mol. The summed E-state index contributed by atoms with van der Waals surface area (Å²) in [7, 11) is -4.04. The van der Waals surface area contributed by atoms with Gasteiger partial charge < -0.3 is 0 Å². The largest absolute Gasteiger partial charge is 0.290 e. The van der Waals surface area contributed by atoms with Gasteiger partial charge in [0.1, 0.15) is 0 Å². The third-order valence-corrected chi connectivity index (χ3v) is 3.47. The minimum Gasteiger partial charge on any atom is -0.282 e. The summed E-state index contributed by atoms with van der Waals surface area (Å²) in [5.74, 6) is 0. The summed E-state index contributed by atoms with van der Waals surface area (Å²) in [6.45, 7) is 3.55. The van der Waals surface area contributed by atoms with Gasteiger partial charge in [-0.2, -0.15) is 8.42 Å². The first-order chi connectivity index (χ1) is 6.43. The van der Waals surface area contributed by atoms with E-state index in [2.05, 4.69) is 0 Å². The van der Waals surface area contributed by atoms with Gasteiger partial charge in [0.2, 0.25) is 0 Å². The zero-order chi connectivity index (χ0) is 10.8. The molecule has 0 radical (unpaired) electrons. The normalized spacial score (nSPS) is 30.1. The van der Waals surface area contributed by atoms with Crippen molar-refractivity contribution < 1.29 is 13.0 Å². The molecular formula is C10H14O3S. The Morgan fingerprint density at radius 1 is 1.36 bits per heavy atom. The second-order valence-corrected chi connectivity index (χ2v) is 4.78. The van der Waals surface area contributed by atoms with Crippen molar-refractivity contribution in [2.75, 3.05) is 0 Å². The van der Waals surface area contributed by atoms with Crippen LogP contribution in [0.2, 0.25) is 0 Å². The van der Waals surface area contributed by atoms with Crippen LogP contribution < -0.4 is 0 Å². The maximum absolute atomic E-state index is 11.1. The Kier molecular flexibility index (Phi) is 3.29. The molecule has 0 saturated heterocycles. The van der Waals surface area contributed by atoms with Crippen LogP contribution in [0.4, 0.5) is 0 Å². The molecule has 0 aliphatic heterocycles. The SMILES string of the molecule is CC1=C/C=C\CC/C(S(=O)(=O)O)=C\1C. The highest BCUT2D eigenvalue weighted by atomic mass is 32.2. The lowest BCUT2D eigenvalue weighted by molar-refractivity contribution is 0.488. The Bertz CT molecular complexity index is 411. The molecule has 0 fully saturated rings. The summed E-state index contributed by atoms with van der Waals surface area (Å²) in [5.41, 5.74) is 1.52. The van der Waals surface area contributed by atoms with Gasteiger partial charge in [0.05, 0.1) is 4.91 Å². The average Bonchev–Trinajstić information content (AvgIpc) is 2.04. The summed E-state index contributed by atoms with van der Waals surface area (Å²) >= 11 is 0. The molecular weight excluding hydrogens is 200 g/mol. The molecule has 14 heavy (non-hydrogen) atoms. The fraction of sp³-hybridized carbons (Fsp3) is 0.400. The highest BCUT2D eigenvalue weighted by Crippen LogP contribution is 2.24. The molecule has 1 N–H and O–H groups in total. The quantitative estimate of drug-likeness (QED) is 0.682. The topological polar surface area (TPSA) is 54.4 Å². The van der Waals surface area contributed by atoms with E-state index in [1.807, 2.05) is 25.2 Å². The fourth-order valence-corrected chi connectivity index (χ4v) is 2.30. The molecule has 0 amide bonds. The van der Waals surface area contributed by atoms with E-state index in [0.29, 0.717) is 18.4 Å². The Morgan fingerprint density at radius 3 is 2.57 bits per heavy atom. The summed E-state index contributed by atoms with van der Waals surface area (Å²) < 4.78 is 31.1. The van der Waals surface area contributed by atoms with Gasteiger partial charge in [-0.05, 0) is 37.8 Å². The summed E-state index contributed by atoms with van der Waals surface area (Å²) in [6.07, 6.45) is 6.64. The van der Waals surface area contributed by atoms with Crippen LogP contribution >= 0.6 is 0 Å². The highest BCUT2D eigenvalue weighted by molar-refractivity contribution is 7.89. The van der Waals surface area contributed by atoms with Gasteiger partial charge in [0.25, 0.3) is 10.1 Å². The molecule has 0 aromatic rings. The van der Waals surface area contributed by atoms with Crippen molar-refractivity contribution in [3.63, 3.8) is 0 Å². The molecule has 0 unspecified atom stereocenters. The molecule has 0 spiro atoms. The molecule has 78 valence electrons. The van der Waals surface area contributed by atoms with Gasteiger partial charge in [0, 0.05) is 0 Å². The summed E-state index contributed by atoms with van der Waals surface area (Å²) in [6, 6.07) is 0. The first-order valence-electron chi connectivity index (χ1n) is 4.44. The average molecular weight is 214 g/mol. The number of hydrogen-bond acceptors (Lipinski definition) is 2. The van der Waals surface area contributed by atoms with E-state index >= 15 is 0 Å². The second-order valence-electron chi connectivity index (χ2n) is 3.34. The molecule has 0 heterocycles. The Hall–Kier alpha value is -0.870. The van der Waals surface area contributed by atoms with Crippen molar-refractivity contribution >= 4 is 10.1 Å². The van der Waals surface area contributed by atoms with E-state index in [1.165, 1.54) is 0 Å².